The summed E-state index contributed by atoms with van der Waals surface area (Å²) in [5, 5.41) is 4.37. The van der Waals surface area contributed by atoms with E-state index >= 15 is 0 Å². The summed E-state index contributed by atoms with van der Waals surface area (Å²) in [7, 11) is 0. The van der Waals surface area contributed by atoms with E-state index in [1.54, 1.807) is 22.7 Å². The van der Waals surface area contributed by atoms with E-state index in [1.807, 2.05) is 86.6 Å². The van der Waals surface area contributed by atoms with Crippen molar-refractivity contribution in [1.82, 2.24) is 10.2 Å². The van der Waals surface area contributed by atoms with Crippen molar-refractivity contribution in [2.45, 2.75) is 56.6 Å². The molecule has 7 heteroatoms. The van der Waals surface area contributed by atoms with Crippen LogP contribution >= 0.6 is 35.0 Å². The molecule has 0 aliphatic carbocycles. The minimum atomic E-state index is -0.645. The first-order chi connectivity index (χ1) is 17.4. The zero-order valence-electron chi connectivity index (χ0n) is 20.6. The van der Waals surface area contributed by atoms with E-state index in [1.165, 1.54) is 0 Å². The van der Waals surface area contributed by atoms with Gasteiger partial charge >= 0.3 is 0 Å². The lowest BCUT2D eigenvalue weighted by molar-refractivity contribution is -0.141. The van der Waals surface area contributed by atoms with Gasteiger partial charge in [-0.05, 0) is 60.9 Å². The number of benzene rings is 3. The standard InChI is InChI=1S/C29H32Cl2N2O2S/c1-3-21(2)32-29(35)27(19-22-8-5-4-6-9-22)33(20-23-10-7-11-25(31)18-23)28(34)16-17-36-26-14-12-24(30)13-15-26/h4-15,18,21,27H,3,16-17,19-20H2,1-2H3,(H,32,35)/t21-,27+/m0/s1. The number of amides is 2. The average molecular weight is 544 g/mol. The van der Waals surface area contributed by atoms with Gasteiger partial charge in [-0.1, -0.05) is 72.6 Å². The van der Waals surface area contributed by atoms with Crippen LogP contribution in [0.5, 0.6) is 0 Å². The molecule has 0 spiro atoms. The number of hydrogen-bond acceptors (Lipinski definition) is 3. The van der Waals surface area contributed by atoms with E-state index in [4.69, 9.17) is 23.2 Å². The third kappa shape index (κ3) is 8.88. The lowest BCUT2D eigenvalue weighted by Gasteiger charge is -2.32. The summed E-state index contributed by atoms with van der Waals surface area (Å²) in [5.74, 6) is 0.378. The first-order valence-electron chi connectivity index (χ1n) is 12.1. The van der Waals surface area contributed by atoms with Gasteiger partial charge in [0.15, 0.2) is 0 Å². The topological polar surface area (TPSA) is 49.4 Å². The van der Waals surface area contributed by atoms with Gasteiger partial charge in [-0.2, -0.15) is 0 Å². The molecule has 0 fully saturated rings. The lowest BCUT2D eigenvalue weighted by atomic mass is 10.0. The van der Waals surface area contributed by atoms with Crippen molar-refractivity contribution in [2.75, 3.05) is 5.75 Å². The van der Waals surface area contributed by atoms with Gasteiger partial charge in [0.25, 0.3) is 0 Å². The molecular weight excluding hydrogens is 511 g/mol. The van der Waals surface area contributed by atoms with Crippen LogP contribution in [0.15, 0.2) is 83.8 Å². The highest BCUT2D eigenvalue weighted by Crippen LogP contribution is 2.23. The molecule has 2 amide bonds. The van der Waals surface area contributed by atoms with Crippen molar-refractivity contribution in [3.05, 3.63) is 100 Å². The number of nitrogens with one attached hydrogen (secondary N) is 1. The normalized spacial score (nSPS) is 12.6. The van der Waals surface area contributed by atoms with E-state index in [-0.39, 0.29) is 17.9 Å². The maximum Gasteiger partial charge on any atom is 0.243 e. The number of halogens is 2. The molecule has 3 aromatic carbocycles. The number of carbonyl (C=O) groups is 2. The Hall–Kier alpha value is -2.47. The van der Waals surface area contributed by atoms with Gasteiger partial charge in [0.05, 0.1) is 0 Å². The SMILES string of the molecule is CC[C@H](C)NC(=O)[C@@H](Cc1ccccc1)N(Cc1cccc(Cl)c1)C(=O)CCSc1ccc(Cl)cc1. The van der Waals surface area contributed by atoms with E-state index in [2.05, 4.69) is 5.32 Å². The molecule has 0 heterocycles. The summed E-state index contributed by atoms with van der Waals surface area (Å²) in [4.78, 5) is 29.9. The highest BCUT2D eigenvalue weighted by atomic mass is 35.5. The number of rotatable bonds is 12. The summed E-state index contributed by atoms with van der Waals surface area (Å²) in [6.07, 6.45) is 1.54. The highest BCUT2D eigenvalue weighted by Gasteiger charge is 2.30. The summed E-state index contributed by atoms with van der Waals surface area (Å²) in [6, 6.07) is 24.2. The highest BCUT2D eigenvalue weighted by molar-refractivity contribution is 7.99. The van der Waals surface area contributed by atoms with Crippen LogP contribution < -0.4 is 5.32 Å². The fourth-order valence-corrected chi connectivity index (χ4v) is 4.94. The fraction of sp³-hybridized carbons (Fsp3) is 0.310. The van der Waals surface area contributed by atoms with Crippen molar-refractivity contribution < 1.29 is 9.59 Å². The largest absolute Gasteiger partial charge is 0.352 e. The maximum atomic E-state index is 13.6. The molecule has 0 saturated carbocycles. The number of carbonyl (C=O) groups excluding carboxylic acids is 2. The van der Waals surface area contributed by atoms with Crippen molar-refractivity contribution >= 4 is 46.8 Å². The second kappa shape index (κ2) is 14.3. The molecule has 0 unspecified atom stereocenters. The minimum absolute atomic E-state index is 0.0133. The maximum absolute atomic E-state index is 13.6. The molecule has 190 valence electrons. The third-order valence-electron chi connectivity index (χ3n) is 5.91. The Bertz CT molecular complexity index is 1130. The monoisotopic (exact) mass is 542 g/mol. The summed E-state index contributed by atoms with van der Waals surface area (Å²) >= 11 is 13.8. The van der Waals surface area contributed by atoms with Crippen LogP contribution in [0, 0.1) is 0 Å². The Morgan fingerprint density at radius 1 is 0.917 bits per heavy atom. The van der Waals surface area contributed by atoms with Crippen LogP contribution in [0.25, 0.3) is 0 Å². The second-order valence-electron chi connectivity index (χ2n) is 8.73. The fourth-order valence-electron chi connectivity index (χ4n) is 3.76. The summed E-state index contributed by atoms with van der Waals surface area (Å²) in [6.45, 7) is 4.31. The lowest BCUT2D eigenvalue weighted by Crippen LogP contribution is -2.52. The quantitative estimate of drug-likeness (QED) is 0.250. The molecule has 3 rings (SSSR count). The molecule has 0 aliphatic heterocycles. The molecular formula is C29H32Cl2N2O2S. The molecule has 2 atom stereocenters. The Morgan fingerprint density at radius 2 is 1.61 bits per heavy atom. The van der Waals surface area contributed by atoms with E-state index < -0.39 is 6.04 Å². The zero-order chi connectivity index (χ0) is 25.9. The smallest absolute Gasteiger partial charge is 0.243 e. The molecule has 4 nitrogen and oxygen atoms in total. The van der Waals surface area contributed by atoms with Crippen molar-refractivity contribution in [3.8, 4) is 0 Å². The van der Waals surface area contributed by atoms with Crippen LogP contribution in [-0.2, 0) is 22.6 Å². The van der Waals surface area contributed by atoms with Crippen LogP contribution in [0.4, 0.5) is 0 Å². The Labute approximate surface area is 228 Å². The van der Waals surface area contributed by atoms with Crippen molar-refractivity contribution in [2.24, 2.45) is 0 Å². The van der Waals surface area contributed by atoms with Gasteiger partial charge in [-0.25, -0.2) is 0 Å². The summed E-state index contributed by atoms with van der Waals surface area (Å²) in [5.41, 5.74) is 1.89. The molecule has 0 radical (unpaired) electrons. The van der Waals surface area contributed by atoms with Crippen molar-refractivity contribution in [1.29, 1.82) is 0 Å². The molecule has 36 heavy (non-hydrogen) atoms. The van der Waals surface area contributed by atoms with Crippen LogP contribution in [0.2, 0.25) is 10.0 Å². The minimum Gasteiger partial charge on any atom is -0.352 e. The van der Waals surface area contributed by atoms with Gasteiger partial charge in [0.1, 0.15) is 6.04 Å². The van der Waals surface area contributed by atoms with Crippen LogP contribution in [0.1, 0.15) is 37.8 Å². The zero-order valence-corrected chi connectivity index (χ0v) is 23.0. The Balaban J connectivity index is 1.85. The average Bonchev–Trinajstić information content (AvgIpc) is 2.87. The summed E-state index contributed by atoms with van der Waals surface area (Å²) < 4.78 is 0. The van der Waals surface area contributed by atoms with Gasteiger partial charge in [0.2, 0.25) is 11.8 Å². The van der Waals surface area contributed by atoms with E-state index in [0.29, 0.717) is 35.2 Å². The number of nitrogens with zero attached hydrogens (tertiary/aromatic N) is 1. The molecule has 0 aliphatic rings. The first kappa shape index (κ1) is 28.1. The van der Waals surface area contributed by atoms with Gasteiger partial charge in [-0.3, -0.25) is 9.59 Å². The van der Waals surface area contributed by atoms with Crippen molar-refractivity contribution in [3.63, 3.8) is 0 Å². The molecule has 0 bridgehead atoms. The van der Waals surface area contributed by atoms with Gasteiger partial charge < -0.3 is 10.2 Å². The van der Waals surface area contributed by atoms with Gasteiger partial charge in [0, 0.05) is 46.1 Å². The number of hydrogen-bond donors (Lipinski definition) is 1. The molecule has 3 aromatic rings. The second-order valence-corrected chi connectivity index (χ2v) is 10.8. The van der Waals surface area contributed by atoms with E-state index in [0.717, 1.165) is 22.4 Å². The first-order valence-corrected chi connectivity index (χ1v) is 13.9. The Morgan fingerprint density at radius 3 is 2.28 bits per heavy atom. The molecule has 0 aromatic heterocycles. The van der Waals surface area contributed by atoms with Crippen LogP contribution in [-0.4, -0.2) is 34.6 Å². The Kier molecular flexibility index (Phi) is 11.2. The van der Waals surface area contributed by atoms with Gasteiger partial charge in [-0.15, -0.1) is 11.8 Å². The predicted octanol–water partition coefficient (Wildman–Crippen LogP) is 7.03. The van der Waals surface area contributed by atoms with Crippen LogP contribution in [0.3, 0.4) is 0 Å². The van der Waals surface area contributed by atoms with E-state index in [9.17, 15) is 9.59 Å². The third-order valence-corrected chi connectivity index (χ3v) is 7.41. The number of thioether (sulfide) groups is 1. The molecule has 0 saturated heterocycles. The predicted molar refractivity (Wildman–Crippen MR) is 151 cm³/mol. The molecule has 1 N–H and O–H groups in total.